The molecule has 0 bridgehead atoms. The maximum Gasteiger partial charge on any atom is 0.243 e. The van der Waals surface area contributed by atoms with Gasteiger partial charge in [0.2, 0.25) is 5.91 Å². The van der Waals surface area contributed by atoms with Crippen molar-refractivity contribution in [3.05, 3.63) is 29.8 Å². The van der Waals surface area contributed by atoms with Crippen molar-refractivity contribution in [1.29, 1.82) is 0 Å². The molecule has 116 valence electrons. The first-order valence-electron chi connectivity index (χ1n) is 7.79. The molecule has 1 unspecified atom stereocenters. The lowest BCUT2D eigenvalue weighted by Crippen LogP contribution is -2.54. The van der Waals surface area contributed by atoms with Crippen LogP contribution in [0.1, 0.15) is 51.1 Å². The van der Waals surface area contributed by atoms with Gasteiger partial charge >= 0.3 is 0 Å². The number of amides is 1. The number of hydrogen-bond donors (Lipinski definition) is 1. The predicted octanol–water partition coefficient (Wildman–Crippen LogP) is 2.88. The molecule has 4 heteroatoms. The molecule has 1 aromatic rings. The van der Waals surface area contributed by atoms with Gasteiger partial charge in [-0.2, -0.15) is 0 Å². The van der Waals surface area contributed by atoms with Gasteiger partial charge in [-0.1, -0.05) is 26.0 Å². The highest BCUT2D eigenvalue weighted by atomic mass is 16.5. The second-order valence-electron chi connectivity index (χ2n) is 5.79. The fraction of sp³-hybridized carbons (Fsp3) is 0.588. The van der Waals surface area contributed by atoms with Gasteiger partial charge in [-0.3, -0.25) is 4.79 Å². The van der Waals surface area contributed by atoms with Crippen molar-refractivity contribution in [3.63, 3.8) is 0 Å². The monoisotopic (exact) mass is 290 g/mol. The fourth-order valence-electron chi connectivity index (χ4n) is 3.02. The molecular weight excluding hydrogens is 264 g/mol. The molecule has 0 aliphatic carbocycles. The van der Waals surface area contributed by atoms with Crippen LogP contribution < -0.4 is 10.5 Å². The Kier molecular flexibility index (Phi) is 4.88. The van der Waals surface area contributed by atoms with E-state index in [1.165, 1.54) is 0 Å². The highest BCUT2D eigenvalue weighted by Gasteiger charge is 2.39. The van der Waals surface area contributed by atoms with Gasteiger partial charge in [0.05, 0.1) is 18.7 Å². The van der Waals surface area contributed by atoms with Gasteiger partial charge in [-0.25, -0.2) is 0 Å². The van der Waals surface area contributed by atoms with Crippen LogP contribution in [0.5, 0.6) is 5.75 Å². The molecule has 0 saturated carbocycles. The minimum Gasteiger partial charge on any atom is -0.497 e. The molecule has 1 fully saturated rings. The highest BCUT2D eigenvalue weighted by Crippen LogP contribution is 2.35. The number of nitrogens with zero attached hydrogens (tertiary/aromatic N) is 1. The summed E-state index contributed by atoms with van der Waals surface area (Å²) >= 11 is 0. The Balaban J connectivity index is 2.21. The molecule has 1 aliphatic heterocycles. The maximum absolute atomic E-state index is 12.8. The topological polar surface area (TPSA) is 55.6 Å². The molecule has 2 rings (SSSR count). The molecule has 0 spiro atoms. The first-order chi connectivity index (χ1) is 10.1. The van der Waals surface area contributed by atoms with E-state index in [1.807, 2.05) is 43.0 Å². The van der Waals surface area contributed by atoms with Crippen molar-refractivity contribution in [3.8, 4) is 5.75 Å². The summed E-state index contributed by atoms with van der Waals surface area (Å²) in [5, 5.41) is 0. The van der Waals surface area contributed by atoms with Gasteiger partial charge in [-0.15, -0.1) is 0 Å². The molecule has 1 saturated heterocycles. The lowest BCUT2D eigenvalue weighted by molar-refractivity contribution is -0.138. The fourth-order valence-corrected chi connectivity index (χ4v) is 3.02. The number of methoxy groups -OCH3 is 1. The quantitative estimate of drug-likeness (QED) is 0.907. The molecule has 2 N–H and O–H groups in total. The van der Waals surface area contributed by atoms with Gasteiger partial charge in [-0.05, 0) is 43.4 Å². The first kappa shape index (κ1) is 15.8. The number of carbonyl (C=O) groups excluding carboxylic acids is 1. The van der Waals surface area contributed by atoms with E-state index in [1.54, 1.807) is 7.11 Å². The zero-order valence-electron chi connectivity index (χ0n) is 13.3. The van der Waals surface area contributed by atoms with E-state index in [-0.39, 0.29) is 11.9 Å². The van der Waals surface area contributed by atoms with Gasteiger partial charge < -0.3 is 15.4 Å². The van der Waals surface area contributed by atoms with Crippen molar-refractivity contribution >= 4 is 5.91 Å². The molecule has 1 heterocycles. The Hall–Kier alpha value is -1.55. The Morgan fingerprint density at radius 1 is 1.33 bits per heavy atom. The first-order valence-corrected chi connectivity index (χ1v) is 7.79. The van der Waals surface area contributed by atoms with Crippen LogP contribution in [0.15, 0.2) is 24.3 Å². The summed E-state index contributed by atoms with van der Waals surface area (Å²) in [4.78, 5) is 14.8. The Bertz CT molecular complexity index is 480. The third kappa shape index (κ3) is 3.05. The largest absolute Gasteiger partial charge is 0.497 e. The van der Waals surface area contributed by atoms with Crippen molar-refractivity contribution in [2.75, 3.05) is 13.7 Å². The molecule has 0 aromatic heterocycles. The Labute approximate surface area is 127 Å². The number of carbonyl (C=O) groups is 1. The minimum absolute atomic E-state index is 0.0887. The average Bonchev–Trinajstić information content (AvgIpc) is 3.02. The van der Waals surface area contributed by atoms with Crippen LogP contribution in [0, 0.1) is 0 Å². The van der Waals surface area contributed by atoms with E-state index in [0.29, 0.717) is 12.8 Å². The highest BCUT2D eigenvalue weighted by molar-refractivity contribution is 5.86. The van der Waals surface area contributed by atoms with E-state index in [2.05, 4.69) is 0 Å². The molecule has 1 atom stereocenters. The third-order valence-electron chi connectivity index (χ3n) is 4.70. The number of likely N-dealkylation sites (tertiary alicyclic amines) is 1. The predicted molar refractivity (Wildman–Crippen MR) is 84.2 cm³/mol. The van der Waals surface area contributed by atoms with Crippen LogP contribution in [-0.4, -0.2) is 30.0 Å². The lowest BCUT2D eigenvalue weighted by atomic mass is 9.91. The standard InChI is InChI=1S/C17H26N2O2/c1-4-17(18,5-2)16(20)19-12-6-7-15(19)13-8-10-14(21-3)11-9-13/h8-11,15H,4-7,12,18H2,1-3H3. The summed E-state index contributed by atoms with van der Waals surface area (Å²) in [7, 11) is 1.66. The van der Waals surface area contributed by atoms with Crippen LogP contribution >= 0.6 is 0 Å². The second-order valence-corrected chi connectivity index (χ2v) is 5.79. The number of rotatable bonds is 5. The lowest BCUT2D eigenvalue weighted by Gasteiger charge is -2.34. The summed E-state index contributed by atoms with van der Waals surface area (Å²) < 4.78 is 5.19. The molecule has 1 aromatic carbocycles. The smallest absolute Gasteiger partial charge is 0.243 e. The summed E-state index contributed by atoms with van der Waals surface area (Å²) in [6.45, 7) is 4.77. The summed E-state index contributed by atoms with van der Waals surface area (Å²) in [6, 6.07) is 8.14. The average molecular weight is 290 g/mol. The molecule has 0 radical (unpaired) electrons. The van der Waals surface area contributed by atoms with Crippen LogP contribution in [0.2, 0.25) is 0 Å². The number of ether oxygens (including phenoxy) is 1. The van der Waals surface area contributed by atoms with Gasteiger partial charge in [0.15, 0.2) is 0 Å². The van der Waals surface area contributed by atoms with E-state index >= 15 is 0 Å². The van der Waals surface area contributed by atoms with E-state index < -0.39 is 5.54 Å². The van der Waals surface area contributed by atoms with Crippen molar-refractivity contribution in [2.24, 2.45) is 5.73 Å². The zero-order valence-corrected chi connectivity index (χ0v) is 13.3. The third-order valence-corrected chi connectivity index (χ3v) is 4.70. The second kappa shape index (κ2) is 6.48. The van der Waals surface area contributed by atoms with Crippen LogP contribution in [-0.2, 0) is 4.79 Å². The summed E-state index contributed by atoms with van der Waals surface area (Å²) in [5.41, 5.74) is 6.73. The molecule has 4 nitrogen and oxygen atoms in total. The van der Waals surface area contributed by atoms with Crippen LogP contribution in [0.4, 0.5) is 0 Å². The summed E-state index contributed by atoms with van der Waals surface area (Å²) in [5.74, 6) is 0.927. The number of benzene rings is 1. The Morgan fingerprint density at radius 2 is 1.95 bits per heavy atom. The molecular formula is C17H26N2O2. The maximum atomic E-state index is 12.8. The van der Waals surface area contributed by atoms with E-state index in [4.69, 9.17) is 10.5 Å². The van der Waals surface area contributed by atoms with Crippen molar-refractivity contribution in [2.45, 2.75) is 51.1 Å². The van der Waals surface area contributed by atoms with Crippen LogP contribution in [0.3, 0.4) is 0 Å². The minimum atomic E-state index is -0.727. The Morgan fingerprint density at radius 3 is 2.48 bits per heavy atom. The SMILES string of the molecule is CCC(N)(CC)C(=O)N1CCCC1c1ccc(OC)cc1. The van der Waals surface area contributed by atoms with Gasteiger partial charge in [0.25, 0.3) is 0 Å². The van der Waals surface area contributed by atoms with E-state index in [9.17, 15) is 4.79 Å². The van der Waals surface area contributed by atoms with E-state index in [0.717, 1.165) is 30.7 Å². The molecule has 1 aliphatic rings. The van der Waals surface area contributed by atoms with Crippen molar-refractivity contribution in [1.82, 2.24) is 4.90 Å². The number of nitrogens with two attached hydrogens (primary N) is 1. The normalized spacial score (nSPS) is 18.9. The number of hydrogen-bond acceptors (Lipinski definition) is 3. The molecule has 1 amide bonds. The van der Waals surface area contributed by atoms with Crippen LogP contribution in [0.25, 0.3) is 0 Å². The van der Waals surface area contributed by atoms with Gasteiger partial charge in [0.1, 0.15) is 5.75 Å². The molecule has 21 heavy (non-hydrogen) atoms. The zero-order chi connectivity index (χ0) is 15.5. The summed E-state index contributed by atoms with van der Waals surface area (Å²) in [6.07, 6.45) is 3.38. The van der Waals surface area contributed by atoms with Gasteiger partial charge in [0, 0.05) is 6.54 Å². The van der Waals surface area contributed by atoms with Crippen molar-refractivity contribution < 1.29 is 9.53 Å².